The number of nitrogens with one attached hydrogen (secondary N) is 1. The highest BCUT2D eigenvalue weighted by molar-refractivity contribution is 14.1. The van der Waals surface area contributed by atoms with E-state index in [1.165, 1.54) is 22.8 Å². The largest absolute Gasteiger partial charge is 0.326 e. The zero-order valence-corrected chi connectivity index (χ0v) is 12.3. The third-order valence-corrected chi connectivity index (χ3v) is 5.87. The van der Waals surface area contributed by atoms with E-state index in [-0.39, 0.29) is 5.91 Å². The smallest absolute Gasteiger partial charge is 0.228 e. The van der Waals surface area contributed by atoms with Crippen molar-refractivity contribution in [3.05, 3.63) is 27.8 Å². The van der Waals surface area contributed by atoms with Crippen molar-refractivity contribution in [2.24, 2.45) is 29.6 Å². The molecule has 2 nitrogen and oxygen atoms in total. The summed E-state index contributed by atoms with van der Waals surface area (Å²) < 4.78 is 1.20. The van der Waals surface area contributed by atoms with Crippen LogP contribution in [0.1, 0.15) is 19.3 Å². The van der Waals surface area contributed by atoms with Crippen molar-refractivity contribution in [1.29, 1.82) is 0 Å². The summed E-state index contributed by atoms with van der Waals surface area (Å²) in [4.78, 5) is 12.3. The van der Waals surface area contributed by atoms with Crippen LogP contribution in [0.25, 0.3) is 0 Å². The number of carbonyl (C=O) groups is 1. The molecular weight excluding hydrogens is 337 g/mol. The number of rotatable bonds is 2. The summed E-state index contributed by atoms with van der Waals surface area (Å²) in [5.74, 6) is 3.79. The molecule has 3 aliphatic rings. The maximum absolute atomic E-state index is 12.3. The van der Waals surface area contributed by atoms with Gasteiger partial charge in [0.25, 0.3) is 0 Å². The van der Waals surface area contributed by atoms with Gasteiger partial charge in [0.05, 0.1) is 0 Å². The molecule has 4 rings (SSSR count). The van der Waals surface area contributed by atoms with Crippen molar-refractivity contribution >= 4 is 34.2 Å². The molecular formula is C15H16INO. The van der Waals surface area contributed by atoms with Crippen LogP contribution in [0.3, 0.4) is 0 Å². The van der Waals surface area contributed by atoms with Crippen LogP contribution in [-0.2, 0) is 4.79 Å². The average Bonchev–Trinajstić information content (AvgIpc) is 2.82. The quantitative estimate of drug-likeness (QED) is 0.810. The summed E-state index contributed by atoms with van der Waals surface area (Å²) in [6, 6.07) is 8.06. The van der Waals surface area contributed by atoms with Crippen LogP contribution in [0.15, 0.2) is 24.3 Å². The highest BCUT2D eigenvalue weighted by Crippen LogP contribution is 2.69. The summed E-state index contributed by atoms with van der Waals surface area (Å²) in [5.41, 5.74) is 0.942. The monoisotopic (exact) mass is 353 g/mol. The zero-order chi connectivity index (χ0) is 12.3. The standard InChI is InChI=1S/C15H16INO/c16-10-3-5-11(6-4-10)17-15(18)14-12-8-1-2-9(7-8)13(12)14/h3-6,8-9,12-14H,1-2,7H2,(H,17,18). The fourth-order valence-electron chi connectivity index (χ4n) is 4.43. The molecule has 3 heteroatoms. The third kappa shape index (κ3) is 1.63. The molecule has 3 fully saturated rings. The number of benzene rings is 1. The van der Waals surface area contributed by atoms with E-state index in [1.807, 2.05) is 24.3 Å². The number of amides is 1. The molecule has 0 aromatic heterocycles. The Kier molecular flexibility index (Phi) is 2.47. The van der Waals surface area contributed by atoms with E-state index >= 15 is 0 Å². The van der Waals surface area contributed by atoms with Crippen molar-refractivity contribution in [1.82, 2.24) is 0 Å². The van der Waals surface area contributed by atoms with Gasteiger partial charge in [-0.1, -0.05) is 0 Å². The Morgan fingerprint density at radius 1 is 1.11 bits per heavy atom. The molecule has 1 aromatic carbocycles. The first kappa shape index (κ1) is 11.3. The molecule has 3 saturated carbocycles. The molecule has 94 valence electrons. The normalized spacial score (nSPS) is 39.5. The van der Waals surface area contributed by atoms with E-state index < -0.39 is 0 Å². The van der Waals surface area contributed by atoms with E-state index in [4.69, 9.17) is 0 Å². The Balaban J connectivity index is 1.45. The van der Waals surface area contributed by atoms with Crippen LogP contribution < -0.4 is 5.32 Å². The molecule has 2 bridgehead atoms. The first-order valence-corrected chi connectivity index (χ1v) is 7.88. The zero-order valence-electron chi connectivity index (χ0n) is 10.1. The first-order chi connectivity index (χ1) is 8.74. The second-order valence-corrected chi connectivity index (χ2v) is 7.26. The van der Waals surface area contributed by atoms with Gasteiger partial charge < -0.3 is 5.32 Å². The van der Waals surface area contributed by atoms with Gasteiger partial charge >= 0.3 is 0 Å². The molecule has 4 unspecified atom stereocenters. The molecule has 3 aliphatic carbocycles. The van der Waals surface area contributed by atoms with Crippen LogP contribution in [0.4, 0.5) is 5.69 Å². The average molecular weight is 353 g/mol. The lowest BCUT2D eigenvalue weighted by Gasteiger charge is -2.09. The van der Waals surface area contributed by atoms with Gasteiger partial charge in [-0.25, -0.2) is 0 Å². The summed E-state index contributed by atoms with van der Waals surface area (Å²) in [5, 5.41) is 3.09. The number of hydrogen-bond donors (Lipinski definition) is 1. The fourth-order valence-corrected chi connectivity index (χ4v) is 4.79. The van der Waals surface area contributed by atoms with Crippen LogP contribution in [0, 0.1) is 33.2 Å². The van der Waals surface area contributed by atoms with Gasteiger partial charge in [-0.3, -0.25) is 4.79 Å². The highest BCUT2D eigenvalue weighted by atomic mass is 127. The molecule has 0 radical (unpaired) electrons. The second-order valence-electron chi connectivity index (χ2n) is 6.01. The molecule has 0 saturated heterocycles. The molecule has 18 heavy (non-hydrogen) atoms. The Morgan fingerprint density at radius 3 is 2.33 bits per heavy atom. The van der Waals surface area contributed by atoms with Crippen molar-refractivity contribution in [3.8, 4) is 0 Å². The molecule has 1 aromatic rings. The van der Waals surface area contributed by atoms with Crippen LogP contribution in [0.2, 0.25) is 0 Å². The maximum atomic E-state index is 12.3. The van der Waals surface area contributed by atoms with Crippen molar-refractivity contribution in [3.63, 3.8) is 0 Å². The van der Waals surface area contributed by atoms with Crippen molar-refractivity contribution in [2.45, 2.75) is 19.3 Å². The first-order valence-electron chi connectivity index (χ1n) is 6.80. The second kappa shape index (κ2) is 3.95. The molecule has 4 atom stereocenters. The summed E-state index contributed by atoms with van der Waals surface area (Å²) in [6.45, 7) is 0. The number of fused-ring (bicyclic) bond motifs is 5. The number of hydrogen-bond acceptors (Lipinski definition) is 1. The van der Waals surface area contributed by atoms with E-state index in [2.05, 4.69) is 27.9 Å². The van der Waals surface area contributed by atoms with E-state index in [0.29, 0.717) is 5.92 Å². The van der Waals surface area contributed by atoms with E-state index in [1.54, 1.807) is 0 Å². The number of anilines is 1. The number of carbonyl (C=O) groups excluding carboxylic acids is 1. The lowest BCUT2D eigenvalue weighted by atomic mass is 10.0. The van der Waals surface area contributed by atoms with Gasteiger partial charge in [0, 0.05) is 15.2 Å². The minimum atomic E-state index is 0.266. The minimum absolute atomic E-state index is 0.266. The Hall–Kier alpha value is -0.580. The minimum Gasteiger partial charge on any atom is -0.326 e. The molecule has 0 heterocycles. The van der Waals surface area contributed by atoms with Gasteiger partial charge in [-0.05, 0) is 89.8 Å². The van der Waals surface area contributed by atoms with Crippen LogP contribution in [0.5, 0.6) is 0 Å². The van der Waals surface area contributed by atoms with Gasteiger partial charge in [-0.15, -0.1) is 0 Å². The summed E-state index contributed by atoms with van der Waals surface area (Å²) >= 11 is 2.28. The highest BCUT2D eigenvalue weighted by Gasteiger charge is 2.67. The van der Waals surface area contributed by atoms with E-state index in [9.17, 15) is 4.79 Å². The van der Waals surface area contributed by atoms with E-state index in [0.717, 1.165) is 29.4 Å². The Morgan fingerprint density at radius 2 is 1.72 bits per heavy atom. The lowest BCUT2D eigenvalue weighted by molar-refractivity contribution is -0.118. The van der Waals surface area contributed by atoms with Gasteiger partial charge in [0.1, 0.15) is 0 Å². The van der Waals surface area contributed by atoms with Gasteiger partial charge in [0.15, 0.2) is 0 Å². The summed E-state index contributed by atoms with van der Waals surface area (Å²) in [7, 11) is 0. The number of halogens is 1. The SMILES string of the molecule is O=C(Nc1ccc(I)cc1)C1C2C3CCC(C3)C12. The van der Waals surface area contributed by atoms with Crippen LogP contribution in [-0.4, -0.2) is 5.91 Å². The van der Waals surface area contributed by atoms with Crippen molar-refractivity contribution < 1.29 is 4.79 Å². The molecule has 1 amide bonds. The molecule has 0 aliphatic heterocycles. The Labute approximate surface area is 121 Å². The predicted octanol–water partition coefficient (Wildman–Crippen LogP) is 3.52. The lowest BCUT2D eigenvalue weighted by Crippen LogP contribution is -2.18. The topological polar surface area (TPSA) is 29.1 Å². The predicted molar refractivity (Wildman–Crippen MR) is 79.1 cm³/mol. The third-order valence-electron chi connectivity index (χ3n) is 5.15. The van der Waals surface area contributed by atoms with Crippen LogP contribution >= 0.6 is 22.6 Å². The fraction of sp³-hybridized carbons (Fsp3) is 0.533. The van der Waals surface area contributed by atoms with Gasteiger partial charge in [0.2, 0.25) is 5.91 Å². The Bertz CT molecular complexity index is 482. The maximum Gasteiger partial charge on any atom is 0.228 e. The molecule has 0 spiro atoms. The van der Waals surface area contributed by atoms with Gasteiger partial charge in [-0.2, -0.15) is 0 Å². The summed E-state index contributed by atoms with van der Waals surface area (Å²) in [6.07, 6.45) is 4.15. The molecule has 1 N–H and O–H groups in total. The van der Waals surface area contributed by atoms with Crippen molar-refractivity contribution in [2.75, 3.05) is 5.32 Å².